The summed E-state index contributed by atoms with van der Waals surface area (Å²) in [6.45, 7) is 1.56. The Morgan fingerprint density at radius 2 is 2.11 bits per heavy atom. The zero-order chi connectivity index (χ0) is 13.7. The van der Waals surface area contributed by atoms with E-state index in [1.54, 1.807) is 12.0 Å². The molecule has 1 unspecified atom stereocenters. The molecule has 100 valence electrons. The monoisotopic (exact) mass is 258 g/mol. The quantitative estimate of drug-likeness (QED) is 0.830. The number of likely N-dealkylation sites (tertiary alicyclic amines) is 1. The minimum Gasteiger partial charge on any atom is -0.496 e. The number of carbonyl (C=O) groups excluding carboxylic acids is 1. The van der Waals surface area contributed by atoms with E-state index >= 15 is 0 Å². The third kappa shape index (κ3) is 3.05. The van der Waals surface area contributed by atoms with Gasteiger partial charge in [0.15, 0.2) is 0 Å². The van der Waals surface area contributed by atoms with Gasteiger partial charge in [-0.1, -0.05) is 18.2 Å². The van der Waals surface area contributed by atoms with Crippen LogP contribution < -0.4 is 4.74 Å². The third-order valence-electron chi connectivity index (χ3n) is 3.49. The molecule has 0 aromatic heterocycles. The lowest BCUT2D eigenvalue weighted by molar-refractivity contribution is -0.132. The van der Waals surface area contributed by atoms with E-state index in [1.165, 1.54) is 0 Å². The number of amides is 1. The van der Waals surface area contributed by atoms with Crippen molar-refractivity contribution in [3.63, 3.8) is 0 Å². The maximum absolute atomic E-state index is 12.2. The molecule has 0 N–H and O–H groups in total. The van der Waals surface area contributed by atoms with Crippen molar-refractivity contribution in [1.82, 2.24) is 4.90 Å². The summed E-state index contributed by atoms with van der Waals surface area (Å²) in [5.74, 6) is 0.0669. The first kappa shape index (κ1) is 13.4. The molecule has 4 nitrogen and oxygen atoms in total. The second-order valence-corrected chi connectivity index (χ2v) is 4.73. The molecular formula is C15H18N2O2. The Morgan fingerprint density at radius 1 is 1.42 bits per heavy atom. The highest BCUT2D eigenvalue weighted by molar-refractivity contribution is 5.81. The number of nitrogens with zero attached hydrogens (tertiary/aromatic N) is 2. The molecule has 1 atom stereocenters. The molecular weight excluding hydrogens is 240 g/mol. The van der Waals surface area contributed by atoms with Crippen LogP contribution in [0.3, 0.4) is 0 Å². The van der Waals surface area contributed by atoms with E-state index in [4.69, 9.17) is 4.74 Å². The first-order valence-electron chi connectivity index (χ1n) is 6.56. The van der Waals surface area contributed by atoms with Gasteiger partial charge in [-0.05, 0) is 24.5 Å². The second kappa shape index (κ2) is 6.24. The molecule has 1 saturated heterocycles. The van der Waals surface area contributed by atoms with E-state index in [0.717, 1.165) is 37.2 Å². The molecule has 1 fully saturated rings. The molecule has 0 radical (unpaired) electrons. The summed E-state index contributed by atoms with van der Waals surface area (Å²) in [6.07, 6.45) is 2.49. The summed E-state index contributed by atoms with van der Waals surface area (Å²) < 4.78 is 5.26. The maximum Gasteiger partial charge on any atom is 0.240 e. The largest absolute Gasteiger partial charge is 0.496 e. The molecule has 1 aliphatic heterocycles. The zero-order valence-corrected chi connectivity index (χ0v) is 11.1. The van der Waals surface area contributed by atoms with Gasteiger partial charge in [0, 0.05) is 19.5 Å². The van der Waals surface area contributed by atoms with E-state index in [0.29, 0.717) is 6.42 Å². The van der Waals surface area contributed by atoms with Crippen molar-refractivity contribution < 1.29 is 9.53 Å². The highest BCUT2D eigenvalue weighted by Crippen LogP contribution is 2.22. The fraction of sp³-hybridized carbons (Fsp3) is 0.467. The smallest absolute Gasteiger partial charge is 0.240 e. The fourth-order valence-electron chi connectivity index (χ4n) is 2.44. The Bertz CT molecular complexity index is 487. The van der Waals surface area contributed by atoms with Gasteiger partial charge in [0.05, 0.1) is 13.2 Å². The van der Waals surface area contributed by atoms with Gasteiger partial charge >= 0.3 is 0 Å². The van der Waals surface area contributed by atoms with Crippen molar-refractivity contribution >= 4 is 5.91 Å². The Hall–Kier alpha value is -2.02. The Morgan fingerprint density at radius 3 is 2.74 bits per heavy atom. The Labute approximate surface area is 113 Å². The highest BCUT2D eigenvalue weighted by atomic mass is 16.5. The summed E-state index contributed by atoms with van der Waals surface area (Å²) >= 11 is 0. The molecule has 0 aliphatic carbocycles. The van der Waals surface area contributed by atoms with Crippen molar-refractivity contribution in [2.75, 3.05) is 20.2 Å². The fourth-order valence-corrected chi connectivity index (χ4v) is 2.44. The first-order chi connectivity index (χ1) is 9.26. The summed E-state index contributed by atoms with van der Waals surface area (Å²) in [6, 6.07) is 9.66. The number of nitriles is 1. The van der Waals surface area contributed by atoms with Crippen LogP contribution in [0.1, 0.15) is 18.4 Å². The number of benzene rings is 1. The average molecular weight is 258 g/mol. The lowest BCUT2D eigenvalue weighted by Crippen LogP contribution is -2.34. The topological polar surface area (TPSA) is 53.3 Å². The van der Waals surface area contributed by atoms with Crippen LogP contribution in [0.5, 0.6) is 5.75 Å². The molecule has 4 heteroatoms. The van der Waals surface area contributed by atoms with E-state index in [1.807, 2.05) is 24.3 Å². The van der Waals surface area contributed by atoms with Crippen molar-refractivity contribution in [3.05, 3.63) is 29.8 Å². The third-order valence-corrected chi connectivity index (χ3v) is 3.49. The van der Waals surface area contributed by atoms with Crippen LogP contribution in [0.25, 0.3) is 0 Å². The van der Waals surface area contributed by atoms with Gasteiger partial charge in [0.1, 0.15) is 11.7 Å². The molecule has 1 heterocycles. The zero-order valence-electron chi connectivity index (χ0n) is 11.1. The van der Waals surface area contributed by atoms with Gasteiger partial charge < -0.3 is 9.64 Å². The van der Waals surface area contributed by atoms with Crippen molar-refractivity contribution in [1.29, 1.82) is 5.26 Å². The van der Waals surface area contributed by atoms with Crippen LogP contribution in [0, 0.1) is 17.2 Å². The van der Waals surface area contributed by atoms with Crippen molar-refractivity contribution in [2.45, 2.75) is 19.3 Å². The number of para-hydroxylation sites is 1. The minimum atomic E-state index is -0.616. The van der Waals surface area contributed by atoms with Crippen LogP contribution in [0.2, 0.25) is 0 Å². The van der Waals surface area contributed by atoms with E-state index in [2.05, 4.69) is 6.07 Å². The number of rotatable bonds is 4. The van der Waals surface area contributed by atoms with E-state index < -0.39 is 5.92 Å². The number of hydrogen-bond donors (Lipinski definition) is 0. The molecule has 0 saturated carbocycles. The Balaban J connectivity index is 2.10. The van der Waals surface area contributed by atoms with Gasteiger partial charge in [-0.3, -0.25) is 4.79 Å². The van der Waals surface area contributed by atoms with Crippen molar-refractivity contribution in [3.8, 4) is 11.8 Å². The predicted octanol–water partition coefficient (Wildman–Crippen LogP) is 2.00. The van der Waals surface area contributed by atoms with Gasteiger partial charge in [-0.2, -0.15) is 5.26 Å². The first-order valence-corrected chi connectivity index (χ1v) is 6.56. The van der Waals surface area contributed by atoms with Crippen LogP contribution in [-0.2, 0) is 11.2 Å². The van der Waals surface area contributed by atoms with Crippen LogP contribution in [0.15, 0.2) is 24.3 Å². The Kier molecular flexibility index (Phi) is 4.40. The standard InChI is InChI=1S/C15H18N2O2/c1-19-14-7-3-2-6-12(14)10-13(11-16)15(18)17-8-4-5-9-17/h2-3,6-7,13H,4-5,8-10H2,1H3. The lowest BCUT2D eigenvalue weighted by Gasteiger charge is -2.19. The maximum atomic E-state index is 12.2. The van der Waals surface area contributed by atoms with Crippen LogP contribution in [0.4, 0.5) is 0 Å². The number of methoxy groups -OCH3 is 1. The van der Waals surface area contributed by atoms with Crippen molar-refractivity contribution in [2.24, 2.45) is 5.92 Å². The van der Waals surface area contributed by atoms with Gasteiger partial charge in [-0.15, -0.1) is 0 Å². The molecule has 1 aromatic rings. The molecule has 1 amide bonds. The summed E-state index contributed by atoms with van der Waals surface area (Å²) in [7, 11) is 1.60. The van der Waals surface area contributed by atoms with Gasteiger partial charge in [0.25, 0.3) is 0 Å². The summed E-state index contributed by atoms with van der Waals surface area (Å²) in [5, 5.41) is 9.24. The molecule has 0 bridgehead atoms. The summed E-state index contributed by atoms with van der Waals surface area (Å²) in [4.78, 5) is 14.0. The van der Waals surface area contributed by atoms with Gasteiger partial charge in [-0.25, -0.2) is 0 Å². The van der Waals surface area contributed by atoms with E-state index in [-0.39, 0.29) is 5.91 Å². The second-order valence-electron chi connectivity index (χ2n) is 4.73. The predicted molar refractivity (Wildman–Crippen MR) is 71.6 cm³/mol. The van der Waals surface area contributed by atoms with Crippen LogP contribution >= 0.6 is 0 Å². The number of hydrogen-bond acceptors (Lipinski definition) is 3. The molecule has 19 heavy (non-hydrogen) atoms. The SMILES string of the molecule is COc1ccccc1CC(C#N)C(=O)N1CCCC1. The van der Waals surface area contributed by atoms with E-state index in [9.17, 15) is 10.1 Å². The number of ether oxygens (including phenoxy) is 1. The molecule has 1 aromatic carbocycles. The average Bonchev–Trinajstić information content (AvgIpc) is 2.98. The molecule has 2 rings (SSSR count). The molecule has 0 spiro atoms. The van der Waals surface area contributed by atoms with Gasteiger partial charge in [0.2, 0.25) is 5.91 Å². The normalized spacial score (nSPS) is 15.9. The van der Waals surface area contributed by atoms with Crippen LogP contribution in [-0.4, -0.2) is 31.0 Å². The minimum absolute atomic E-state index is 0.0501. The molecule has 1 aliphatic rings. The number of carbonyl (C=O) groups is 1. The summed E-state index contributed by atoms with van der Waals surface area (Å²) in [5.41, 5.74) is 0.907. The highest BCUT2D eigenvalue weighted by Gasteiger charge is 2.27. The lowest BCUT2D eigenvalue weighted by atomic mass is 9.98.